The van der Waals surface area contributed by atoms with E-state index in [0.717, 1.165) is 18.4 Å². The molecule has 0 saturated carbocycles. The average Bonchev–Trinajstić information content (AvgIpc) is 2.57. The van der Waals surface area contributed by atoms with Gasteiger partial charge in [-0.25, -0.2) is 14.4 Å². The van der Waals surface area contributed by atoms with E-state index < -0.39 is 29.8 Å². The van der Waals surface area contributed by atoms with Crippen LogP contribution in [0, 0.1) is 0 Å². The maximum atomic E-state index is 12.0. The number of ether oxygens (including phenoxy) is 2. The van der Waals surface area contributed by atoms with Crippen molar-refractivity contribution in [2.24, 2.45) is 0 Å². The van der Waals surface area contributed by atoms with Gasteiger partial charge >= 0.3 is 17.7 Å². The molecule has 0 aliphatic rings. The molecule has 1 aromatic carbocycles. The molecule has 0 aliphatic heterocycles. The highest BCUT2D eigenvalue weighted by Crippen LogP contribution is 2.31. The van der Waals surface area contributed by atoms with Crippen molar-refractivity contribution >= 4 is 34.6 Å². The van der Waals surface area contributed by atoms with Crippen molar-refractivity contribution in [2.45, 2.75) is 52.6 Å². The van der Waals surface area contributed by atoms with Crippen LogP contribution in [-0.4, -0.2) is 24.2 Å². The molecule has 7 nitrogen and oxygen atoms in total. The normalized spacial score (nSPS) is 11.3. The summed E-state index contributed by atoms with van der Waals surface area (Å²) in [6.07, 6.45) is 1.88. The lowest BCUT2D eigenvalue weighted by molar-refractivity contribution is -0.133. The van der Waals surface area contributed by atoms with E-state index in [0.29, 0.717) is 11.8 Å². The van der Waals surface area contributed by atoms with E-state index >= 15 is 0 Å². The molecular formula is C20H24ClNO6. The first kappa shape index (κ1) is 21.8. The lowest BCUT2D eigenvalue weighted by Crippen LogP contribution is -2.36. The molecule has 0 fully saturated rings. The molecule has 0 spiro atoms. The Labute approximate surface area is 167 Å². The SMILES string of the molecule is CCCCc1cc(=O)oc2cc(OC(=O)CNC(=O)OC(C)(C)C)c(Cl)cc12. The van der Waals surface area contributed by atoms with Gasteiger partial charge in [-0.05, 0) is 45.2 Å². The van der Waals surface area contributed by atoms with Gasteiger partial charge in [0.05, 0.1) is 5.02 Å². The summed E-state index contributed by atoms with van der Waals surface area (Å²) >= 11 is 6.23. The van der Waals surface area contributed by atoms with Crippen LogP contribution in [0.4, 0.5) is 4.79 Å². The zero-order valence-corrected chi connectivity index (χ0v) is 17.1. The molecule has 1 amide bonds. The van der Waals surface area contributed by atoms with Gasteiger partial charge in [0.15, 0.2) is 5.75 Å². The van der Waals surface area contributed by atoms with Gasteiger partial charge in [-0.1, -0.05) is 24.9 Å². The summed E-state index contributed by atoms with van der Waals surface area (Å²) in [5.41, 5.74) is -0.0435. The largest absolute Gasteiger partial charge is 0.444 e. The highest BCUT2D eigenvalue weighted by atomic mass is 35.5. The lowest BCUT2D eigenvalue weighted by atomic mass is 10.0. The molecule has 28 heavy (non-hydrogen) atoms. The smallest absolute Gasteiger partial charge is 0.408 e. The summed E-state index contributed by atoms with van der Waals surface area (Å²) < 4.78 is 15.5. The standard InChI is InChI=1S/C20H24ClNO6/c1-5-6-7-12-8-17(23)26-15-10-16(14(21)9-13(12)15)27-18(24)11-22-19(25)28-20(2,3)4/h8-10H,5-7,11H2,1-4H3,(H,22,25). The molecule has 2 rings (SSSR count). The Morgan fingerprint density at radius 2 is 1.93 bits per heavy atom. The maximum absolute atomic E-state index is 12.0. The number of benzene rings is 1. The lowest BCUT2D eigenvalue weighted by Gasteiger charge is -2.19. The number of hydrogen-bond donors (Lipinski definition) is 1. The van der Waals surface area contributed by atoms with Crippen LogP contribution in [0.5, 0.6) is 5.75 Å². The molecule has 0 unspecified atom stereocenters. The first-order valence-corrected chi connectivity index (χ1v) is 9.40. The van der Waals surface area contributed by atoms with E-state index in [1.165, 1.54) is 12.1 Å². The first-order valence-electron chi connectivity index (χ1n) is 9.03. The summed E-state index contributed by atoms with van der Waals surface area (Å²) in [6.45, 7) is 6.79. The molecular weight excluding hydrogens is 386 g/mol. The Bertz CT molecular complexity index is 929. The molecule has 1 heterocycles. The van der Waals surface area contributed by atoms with Crippen LogP contribution in [0.3, 0.4) is 0 Å². The fourth-order valence-corrected chi connectivity index (χ4v) is 2.70. The number of aryl methyl sites for hydroxylation is 1. The summed E-state index contributed by atoms with van der Waals surface area (Å²) in [5, 5.41) is 3.20. The third-order valence-corrected chi connectivity index (χ3v) is 3.98. The highest BCUT2D eigenvalue weighted by molar-refractivity contribution is 6.33. The fourth-order valence-electron chi connectivity index (χ4n) is 2.50. The second-order valence-electron chi connectivity index (χ2n) is 7.30. The van der Waals surface area contributed by atoms with Crippen LogP contribution in [0.25, 0.3) is 11.0 Å². The number of esters is 1. The van der Waals surface area contributed by atoms with Crippen molar-refractivity contribution in [1.82, 2.24) is 5.32 Å². The van der Waals surface area contributed by atoms with Crippen molar-refractivity contribution in [3.63, 3.8) is 0 Å². The molecule has 0 saturated heterocycles. The third kappa shape index (κ3) is 6.27. The molecule has 0 atom stereocenters. The Balaban J connectivity index is 2.14. The van der Waals surface area contributed by atoms with Gasteiger partial charge in [-0.3, -0.25) is 0 Å². The zero-order chi connectivity index (χ0) is 20.9. The molecule has 0 bridgehead atoms. The van der Waals surface area contributed by atoms with Gasteiger partial charge in [-0.15, -0.1) is 0 Å². The number of carbonyl (C=O) groups excluding carboxylic acids is 2. The molecule has 152 valence electrons. The predicted octanol–water partition coefficient (Wildman–Crippen LogP) is 4.22. The zero-order valence-electron chi connectivity index (χ0n) is 16.4. The number of amides is 1. The minimum absolute atomic E-state index is 0.0425. The van der Waals surface area contributed by atoms with Crippen molar-refractivity contribution in [1.29, 1.82) is 0 Å². The van der Waals surface area contributed by atoms with Crippen LogP contribution < -0.4 is 15.7 Å². The Hall–Kier alpha value is -2.54. The van der Waals surface area contributed by atoms with Crippen molar-refractivity contribution in [3.8, 4) is 5.75 Å². The number of fused-ring (bicyclic) bond motifs is 1. The van der Waals surface area contributed by atoms with E-state index in [-0.39, 0.29) is 16.4 Å². The van der Waals surface area contributed by atoms with E-state index in [1.807, 2.05) is 0 Å². The summed E-state index contributed by atoms with van der Waals surface area (Å²) in [5.74, 6) is -0.697. The van der Waals surface area contributed by atoms with Crippen LogP contribution in [0.2, 0.25) is 5.02 Å². The van der Waals surface area contributed by atoms with Gasteiger partial charge in [0.1, 0.15) is 17.7 Å². The quantitative estimate of drug-likeness (QED) is 0.436. The van der Waals surface area contributed by atoms with Gasteiger partial charge in [0.2, 0.25) is 0 Å². The van der Waals surface area contributed by atoms with Crippen LogP contribution in [0.1, 0.15) is 46.1 Å². The minimum Gasteiger partial charge on any atom is -0.444 e. The monoisotopic (exact) mass is 409 g/mol. The maximum Gasteiger partial charge on any atom is 0.408 e. The van der Waals surface area contributed by atoms with Crippen LogP contribution in [-0.2, 0) is 16.0 Å². The number of unbranched alkanes of at least 4 members (excludes halogenated alkanes) is 1. The molecule has 8 heteroatoms. The number of alkyl carbamates (subject to hydrolysis) is 1. The van der Waals surface area contributed by atoms with E-state index in [4.69, 9.17) is 25.5 Å². The van der Waals surface area contributed by atoms with Crippen molar-refractivity contribution in [3.05, 3.63) is 39.2 Å². The summed E-state index contributed by atoms with van der Waals surface area (Å²) in [4.78, 5) is 35.4. The van der Waals surface area contributed by atoms with E-state index in [9.17, 15) is 14.4 Å². The number of rotatable bonds is 6. The van der Waals surface area contributed by atoms with Gasteiger partial charge in [0, 0.05) is 17.5 Å². The number of hydrogen-bond acceptors (Lipinski definition) is 6. The first-order chi connectivity index (χ1) is 13.1. The second kappa shape index (κ2) is 9.10. The third-order valence-electron chi connectivity index (χ3n) is 3.68. The van der Waals surface area contributed by atoms with Crippen LogP contribution in [0.15, 0.2) is 27.4 Å². The van der Waals surface area contributed by atoms with Gasteiger partial charge < -0.3 is 19.2 Å². The topological polar surface area (TPSA) is 94.8 Å². The summed E-state index contributed by atoms with van der Waals surface area (Å²) in [6, 6.07) is 4.46. The number of nitrogens with one attached hydrogen (secondary N) is 1. The molecule has 1 aromatic heterocycles. The number of halogens is 1. The highest BCUT2D eigenvalue weighted by Gasteiger charge is 2.18. The molecule has 2 aromatic rings. The van der Waals surface area contributed by atoms with E-state index in [1.54, 1.807) is 26.8 Å². The number of carbonyl (C=O) groups is 2. The Kier molecular flexibility index (Phi) is 7.07. The summed E-state index contributed by atoms with van der Waals surface area (Å²) in [7, 11) is 0. The predicted molar refractivity (Wildman–Crippen MR) is 106 cm³/mol. The van der Waals surface area contributed by atoms with Gasteiger partial charge in [-0.2, -0.15) is 0 Å². The second-order valence-corrected chi connectivity index (χ2v) is 7.71. The van der Waals surface area contributed by atoms with Crippen molar-refractivity contribution in [2.75, 3.05) is 6.54 Å². The van der Waals surface area contributed by atoms with Crippen LogP contribution >= 0.6 is 11.6 Å². The van der Waals surface area contributed by atoms with Gasteiger partial charge in [0.25, 0.3) is 0 Å². The van der Waals surface area contributed by atoms with E-state index in [2.05, 4.69) is 12.2 Å². The molecule has 0 aliphatic carbocycles. The average molecular weight is 410 g/mol. The van der Waals surface area contributed by atoms with Crippen molar-refractivity contribution < 1.29 is 23.5 Å². The molecule has 0 radical (unpaired) electrons. The minimum atomic E-state index is -0.739. The Morgan fingerprint density at radius 3 is 2.57 bits per heavy atom. The fraction of sp³-hybridized carbons (Fsp3) is 0.450. The molecule has 1 N–H and O–H groups in total. The Morgan fingerprint density at radius 1 is 1.21 bits per heavy atom.